The molecule has 1 aliphatic carbocycles. The van der Waals surface area contributed by atoms with Crippen LogP contribution >= 0.6 is 0 Å². The molecule has 0 radical (unpaired) electrons. The predicted octanol–water partition coefficient (Wildman–Crippen LogP) is 6.67. The zero-order valence-corrected chi connectivity index (χ0v) is 19.3. The molecule has 0 bridgehead atoms. The van der Waals surface area contributed by atoms with E-state index >= 15 is 4.39 Å². The number of carbonyl (C=O) groups is 1. The number of aliphatic imine (C=N–C) groups is 1. The minimum absolute atomic E-state index is 0.0173. The highest BCUT2D eigenvalue weighted by molar-refractivity contribution is 6.04. The van der Waals surface area contributed by atoms with Gasteiger partial charge in [-0.3, -0.25) is 14.9 Å². The molecule has 2 aromatic rings. The number of rotatable bonds is 5. The number of nitrogens with one attached hydrogen (secondary N) is 1. The molecule has 2 aliphatic rings. The number of carbonyl (C=O) groups excluding carboxylic acids is 1. The molecule has 1 unspecified atom stereocenters. The van der Waals surface area contributed by atoms with E-state index in [1.54, 1.807) is 12.3 Å². The molecule has 0 fully saturated rings. The van der Waals surface area contributed by atoms with Crippen molar-refractivity contribution >= 4 is 23.6 Å². The van der Waals surface area contributed by atoms with Crippen molar-refractivity contribution in [3.63, 3.8) is 0 Å². The highest BCUT2D eigenvalue weighted by Gasteiger charge is 2.36. The first-order valence-corrected chi connectivity index (χ1v) is 11.2. The maximum absolute atomic E-state index is 15.1. The number of pyridine rings is 1. The molecular formula is C25H26F4N4O. The Hall–Kier alpha value is -3.23. The van der Waals surface area contributed by atoms with Gasteiger partial charge in [-0.15, -0.1) is 0 Å². The standard InChI is InChI=1S/C25H26F4N4O/c1-4-8-30-22(14(2)26)16-6-5-15-11-19(27)21(12-17(15)10-16)33-13-18-20(32-24(33)34)7-9-31-23(18)25(3,28)29/h7-9,11-12,16H,4-6,10,13H2,1-3H3,(H,32,34)/b22-14+,30-8?. The Morgan fingerprint density at radius 3 is 2.79 bits per heavy atom. The zero-order chi connectivity index (χ0) is 24.6. The van der Waals surface area contributed by atoms with Gasteiger partial charge in [-0.2, -0.15) is 8.78 Å². The Bertz CT molecular complexity index is 1180. The summed E-state index contributed by atoms with van der Waals surface area (Å²) in [6.45, 7) is 3.77. The quantitative estimate of drug-likeness (QED) is 0.389. The van der Waals surface area contributed by atoms with Crippen molar-refractivity contribution in [2.24, 2.45) is 10.9 Å². The fourth-order valence-electron chi connectivity index (χ4n) is 4.63. The summed E-state index contributed by atoms with van der Waals surface area (Å²) in [4.78, 5) is 22.0. The third kappa shape index (κ3) is 4.56. The van der Waals surface area contributed by atoms with Crippen LogP contribution in [0.4, 0.5) is 33.7 Å². The number of alkyl halides is 2. The molecule has 1 aromatic heterocycles. The van der Waals surface area contributed by atoms with Crippen LogP contribution in [0.2, 0.25) is 0 Å². The number of nitrogens with zero attached hydrogens (tertiary/aromatic N) is 3. The fourth-order valence-corrected chi connectivity index (χ4v) is 4.63. The molecule has 180 valence electrons. The number of halogens is 4. The first-order valence-electron chi connectivity index (χ1n) is 11.2. The second kappa shape index (κ2) is 9.19. The van der Waals surface area contributed by atoms with Gasteiger partial charge in [0.25, 0.3) is 5.92 Å². The number of urea groups is 1. The molecule has 1 N–H and O–H groups in total. The monoisotopic (exact) mass is 474 g/mol. The summed E-state index contributed by atoms with van der Waals surface area (Å²) in [6, 6.07) is 3.76. The van der Waals surface area contributed by atoms with E-state index in [0.717, 1.165) is 23.0 Å². The van der Waals surface area contributed by atoms with Gasteiger partial charge in [0.15, 0.2) is 0 Å². The smallest absolute Gasteiger partial charge is 0.307 e. The minimum atomic E-state index is -3.23. The maximum atomic E-state index is 15.1. The molecule has 0 saturated carbocycles. The molecule has 4 rings (SSSR count). The first kappa shape index (κ1) is 23.9. The molecule has 9 heteroatoms. The van der Waals surface area contributed by atoms with Crippen LogP contribution in [-0.2, 0) is 25.3 Å². The van der Waals surface area contributed by atoms with Gasteiger partial charge in [-0.05, 0) is 61.9 Å². The van der Waals surface area contributed by atoms with Crippen LogP contribution in [0.5, 0.6) is 0 Å². The van der Waals surface area contributed by atoms with E-state index in [9.17, 15) is 18.0 Å². The third-order valence-corrected chi connectivity index (χ3v) is 6.22. The summed E-state index contributed by atoms with van der Waals surface area (Å²) in [6.07, 6.45) is 5.15. The molecule has 34 heavy (non-hydrogen) atoms. The van der Waals surface area contributed by atoms with Crippen molar-refractivity contribution in [1.82, 2.24) is 4.98 Å². The highest BCUT2D eigenvalue weighted by atomic mass is 19.3. The molecule has 2 heterocycles. The van der Waals surface area contributed by atoms with Gasteiger partial charge < -0.3 is 5.32 Å². The molecular weight excluding hydrogens is 448 g/mol. The minimum Gasteiger partial charge on any atom is -0.307 e. The van der Waals surface area contributed by atoms with Crippen molar-refractivity contribution < 1.29 is 22.4 Å². The fraction of sp³-hybridized carbons (Fsp3) is 0.400. The predicted molar refractivity (Wildman–Crippen MR) is 124 cm³/mol. The third-order valence-electron chi connectivity index (χ3n) is 6.22. The molecule has 0 spiro atoms. The highest BCUT2D eigenvalue weighted by Crippen LogP contribution is 2.39. The van der Waals surface area contributed by atoms with E-state index in [2.05, 4.69) is 15.3 Å². The van der Waals surface area contributed by atoms with E-state index < -0.39 is 23.5 Å². The largest absolute Gasteiger partial charge is 0.326 e. The Morgan fingerprint density at radius 1 is 1.35 bits per heavy atom. The lowest BCUT2D eigenvalue weighted by atomic mass is 9.81. The number of aryl methyl sites for hydroxylation is 1. The summed E-state index contributed by atoms with van der Waals surface area (Å²) >= 11 is 0. The van der Waals surface area contributed by atoms with Crippen LogP contribution in [0.15, 0.2) is 40.9 Å². The lowest BCUT2D eigenvalue weighted by Crippen LogP contribution is -2.40. The van der Waals surface area contributed by atoms with Crippen LogP contribution in [0.3, 0.4) is 0 Å². The molecule has 5 nitrogen and oxygen atoms in total. The molecule has 1 aliphatic heterocycles. The SMILES string of the molecule is CCC=N/C(=C(\C)F)C1CCc2cc(F)c(N3Cc4c(ccnc4C(C)(F)F)NC3=O)cc2C1. The maximum Gasteiger partial charge on any atom is 0.326 e. The Kier molecular flexibility index (Phi) is 6.47. The number of hydrogen-bond acceptors (Lipinski definition) is 3. The second-order valence-corrected chi connectivity index (χ2v) is 8.74. The Balaban J connectivity index is 1.70. The number of anilines is 2. The lowest BCUT2D eigenvalue weighted by Gasteiger charge is -2.33. The first-order chi connectivity index (χ1) is 16.1. The topological polar surface area (TPSA) is 57.6 Å². The van der Waals surface area contributed by atoms with Crippen LogP contribution < -0.4 is 10.2 Å². The van der Waals surface area contributed by atoms with E-state index in [0.29, 0.717) is 31.4 Å². The Labute approximate surface area is 195 Å². The molecule has 0 saturated heterocycles. The van der Waals surface area contributed by atoms with Crippen molar-refractivity contribution in [2.45, 2.75) is 58.9 Å². The van der Waals surface area contributed by atoms with Crippen molar-refractivity contribution in [3.05, 3.63) is 64.1 Å². The summed E-state index contributed by atoms with van der Waals surface area (Å²) in [5.41, 5.74) is 1.83. The van der Waals surface area contributed by atoms with Crippen molar-refractivity contribution in [2.75, 3.05) is 10.2 Å². The number of aromatic nitrogens is 1. The number of benzene rings is 1. The van der Waals surface area contributed by atoms with Crippen molar-refractivity contribution in [1.29, 1.82) is 0 Å². The summed E-state index contributed by atoms with van der Waals surface area (Å²) in [5.74, 6) is -4.38. The van der Waals surface area contributed by atoms with E-state index in [4.69, 9.17) is 0 Å². The molecule has 1 atom stereocenters. The average Bonchev–Trinajstić information content (AvgIpc) is 2.77. The number of amides is 2. The van der Waals surface area contributed by atoms with E-state index in [1.165, 1.54) is 25.3 Å². The van der Waals surface area contributed by atoms with Crippen molar-refractivity contribution in [3.8, 4) is 0 Å². The Morgan fingerprint density at radius 2 is 2.12 bits per heavy atom. The number of allylic oxidation sites excluding steroid dienone is 2. The second-order valence-electron chi connectivity index (χ2n) is 8.74. The van der Waals surface area contributed by atoms with Crippen LogP contribution in [0.1, 0.15) is 56.0 Å². The van der Waals surface area contributed by atoms with Crippen LogP contribution in [0, 0.1) is 11.7 Å². The summed E-state index contributed by atoms with van der Waals surface area (Å²) in [5, 5.41) is 2.56. The van der Waals surface area contributed by atoms with Crippen LogP contribution in [-0.4, -0.2) is 17.2 Å². The molecule has 1 aromatic carbocycles. The number of hydrogen-bond donors (Lipinski definition) is 1. The van der Waals surface area contributed by atoms with Gasteiger partial charge in [0.2, 0.25) is 0 Å². The normalized spacial score (nSPS) is 19.0. The number of fused-ring (bicyclic) bond motifs is 2. The molecule has 2 amide bonds. The van der Waals surface area contributed by atoms with E-state index in [-0.39, 0.29) is 35.2 Å². The lowest BCUT2D eigenvalue weighted by molar-refractivity contribution is 0.0118. The van der Waals surface area contributed by atoms with Gasteiger partial charge in [0.05, 0.1) is 23.6 Å². The summed E-state index contributed by atoms with van der Waals surface area (Å²) < 4.78 is 57.6. The van der Waals surface area contributed by atoms with Gasteiger partial charge in [0.1, 0.15) is 17.3 Å². The zero-order valence-electron chi connectivity index (χ0n) is 19.3. The van der Waals surface area contributed by atoms with Gasteiger partial charge in [-0.1, -0.05) is 6.92 Å². The van der Waals surface area contributed by atoms with Gasteiger partial charge >= 0.3 is 6.03 Å². The van der Waals surface area contributed by atoms with Gasteiger partial charge in [-0.25, -0.2) is 13.6 Å². The average molecular weight is 475 g/mol. The van der Waals surface area contributed by atoms with Crippen LogP contribution in [0.25, 0.3) is 0 Å². The van der Waals surface area contributed by atoms with Gasteiger partial charge in [0, 0.05) is 30.8 Å². The summed E-state index contributed by atoms with van der Waals surface area (Å²) in [7, 11) is 0. The van der Waals surface area contributed by atoms with E-state index in [1.807, 2.05) is 6.92 Å².